The van der Waals surface area contributed by atoms with Gasteiger partial charge in [-0.1, -0.05) is 48.8 Å². The first-order chi connectivity index (χ1) is 9.92. The van der Waals surface area contributed by atoms with E-state index >= 15 is 0 Å². The molecule has 2 aromatic rings. The van der Waals surface area contributed by atoms with Crippen LogP contribution in [0.4, 0.5) is 0 Å². The minimum Gasteiger partial charge on any atom is -0.330 e. The fourth-order valence-electron chi connectivity index (χ4n) is 2.10. The normalized spacial score (nSPS) is 11.4. The third-order valence-electron chi connectivity index (χ3n) is 3.13. The second-order valence-corrected chi connectivity index (χ2v) is 7.11. The van der Waals surface area contributed by atoms with Crippen LogP contribution in [0.2, 0.25) is 10.0 Å². The Hall–Kier alpha value is -0.680. The van der Waals surface area contributed by atoms with E-state index in [9.17, 15) is 0 Å². The molecule has 3 nitrogen and oxygen atoms in total. The predicted octanol–water partition coefficient (Wildman–Crippen LogP) is 4.50. The van der Waals surface area contributed by atoms with Gasteiger partial charge in [0.25, 0.3) is 0 Å². The van der Waals surface area contributed by atoms with E-state index in [0.29, 0.717) is 22.5 Å². The number of hydrogen-bond donors (Lipinski definition) is 1. The molecular weight excluding hydrogens is 325 g/mol. The van der Waals surface area contributed by atoms with Crippen molar-refractivity contribution < 1.29 is 0 Å². The fourth-order valence-corrected chi connectivity index (χ4v) is 3.98. The number of rotatable bonds is 5. The van der Waals surface area contributed by atoms with Crippen LogP contribution in [0.5, 0.6) is 0 Å². The van der Waals surface area contributed by atoms with Gasteiger partial charge in [-0.3, -0.25) is 0 Å². The summed E-state index contributed by atoms with van der Waals surface area (Å²) in [5.41, 5.74) is 6.75. The average molecular weight is 344 g/mol. The molecule has 0 aliphatic carbocycles. The Morgan fingerprint density at radius 2 is 1.86 bits per heavy atom. The molecule has 0 atom stereocenters. The lowest BCUT2D eigenvalue weighted by atomic mass is 10.1. The van der Waals surface area contributed by atoms with Gasteiger partial charge in [0.2, 0.25) is 0 Å². The molecule has 0 unspecified atom stereocenters. The number of aromatic nitrogens is 2. The molecule has 0 saturated carbocycles. The van der Waals surface area contributed by atoms with Gasteiger partial charge in [-0.15, -0.1) is 0 Å². The van der Waals surface area contributed by atoms with Crippen molar-refractivity contribution in [2.24, 2.45) is 12.8 Å². The number of nitrogens with two attached hydrogens (primary N) is 1. The average Bonchev–Trinajstić information content (AvgIpc) is 2.67. The van der Waals surface area contributed by atoms with Crippen molar-refractivity contribution in [2.45, 2.75) is 36.1 Å². The molecule has 2 rings (SSSR count). The molecule has 114 valence electrons. The van der Waals surface area contributed by atoms with Crippen LogP contribution in [0.3, 0.4) is 0 Å². The van der Waals surface area contributed by atoms with Crippen molar-refractivity contribution in [2.75, 3.05) is 6.54 Å². The highest BCUT2D eigenvalue weighted by Crippen LogP contribution is 2.36. The Kier molecular flexibility index (Phi) is 5.60. The zero-order valence-corrected chi connectivity index (χ0v) is 14.7. The van der Waals surface area contributed by atoms with Crippen LogP contribution in [-0.4, -0.2) is 16.1 Å². The summed E-state index contributed by atoms with van der Waals surface area (Å²) in [6.45, 7) is 4.88. The second kappa shape index (κ2) is 7.05. The topological polar surface area (TPSA) is 43.8 Å². The summed E-state index contributed by atoms with van der Waals surface area (Å²) < 4.78 is 2.11. The fraction of sp³-hybridized carbons (Fsp3) is 0.400. The minimum atomic E-state index is 0.347. The molecule has 0 aliphatic heterocycles. The molecular formula is C15H19Cl2N3S. The van der Waals surface area contributed by atoms with Crippen LogP contribution in [0.15, 0.2) is 28.1 Å². The lowest BCUT2D eigenvalue weighted by Crippen LogP contribution is -2.08. The van der Waals surface area contributed by atoms with Crippen molar-refractivity contribution in [3.63, 3.8) is 0 Å². The molecule has 2 N–H and O–H groups in total. The van der Waals surface area contributed by atoms with Crippen molar-refractivity contribution in [1.29, 1.82) is 0 Å². The summed E-state index contributed by atoms with van der Waals surface area (Å²) in [5, 5.41) is 2.40. The number of imidazole rings is 1. The molecule has 21 heavy (non-hydrogen) atoms. The molecule has 0 bridgehead atoms. The maximum absolute atomic E-state index is 6.08. The molecule has 0 amide bonds. The van der Waals surface area contributed by atoms with Gasteiger partial charge in [0.1, 0.15) is 10.9 Å². The van der Waals surface area contributed by atoms with Gasteiger partial charge in [-0.05, 0) is 30.7 Å². The van der Waals surface area contributed by atoms with E-state index in [4.69, 9.17) is 33.9 Å². The van der Waals surface area contributed by atoms with Gasteiger partial charge in [-0.2, -0.15) is 0 Å². The maximum Gasteiger partial charge on any atom is 0.110 e. The van der Waals surface area contributed by atoms with E-state index < -0.39 is 0 Å². The molecule has 0 fully saturated rings. The standard InChI is InChI=1S/C15H19Cl2N3S/c1-9(2)14-15(20(3)13(19-14)4-5-18)21-12-7-10(16)6-11(17)8-12/h6-9H,4-5,18H2,1-3H3. The van der Waals surface area contributed by atoms with Crippen LogP contribution in [-0.2, 0) is 13.5 Å². The summed E-state index contributed by atoms with van der Waals surface area (Å²) in [6, 6.07) is 5.56. The summed E-state index contributed by atoms with van der Waals surface area (Å²) >= 11 is 13.8. The largest absolute Gasteiger partial charge is 0.330 e. The van der Waals surface area contributed by atoms with Gasteiger partial charge in [0.15, 0.2) is 0 Å². The van der Waals surface area contributed by atoms with Crippen LogP contribution >= 0.6 is 35.0 Å². The number of nitrogens with zero attached hydrogens (tertiary/aromatic N) is 2. The Balaban J connectivity index is 2.42. The van der Waals surface area contributed by atoms with Gasteiger partial charge < -0.3 is 10.3 Å². The summed E-state index contributed by atoms with van der Waals surface area (Å²) in [4.78, 5) is 5.75. The molecule has 1 aromatic heterocycles. The lowest BCUT2D eigenvalue weighted by Gasteiger charge is -2.09. The van der Waals surface area contributed by atoms with Crippen molar-refractivity contribution in [3.05, 3.63) is 39.8 Å². The van der Waals surface area contributed by atoms with E-state index in [1.807, 2.05) is 19.2 Å². The van der Waals surface area contributed by atoms with Gasteiger partial charge >= 0.3 is 0 Å². The van der Waals surface area contributed by atoms with E-state index in [1.165, 1.54) is 0 Å². The van der Waals surface area contributed by atoms with Crippen molar-refractivity contribution in [1.82, 2.24) is 9.55 Å². The number of benzene rings is 1. The highest BCUT2D eigenvalue weighted by Gasteiger charge is 2.18. The van der Waals surface area contributed by atoms with Crippen LogP contribution in [0.1, 0.15) is 31.3 Å². The summed E-state index contributed by atoms with van der Waals surface area (Å²) in [5.74, 6) is 1.36. The second-order valence-electron chi connectivity index (χ2n) is 5.18. The number of hydrogen-bond acceptors (Lipinski definition) is 3. The van der Waals surface area contributed by atoms with E-state index in [1.54, 1.807) is 17.8 Å². The first-order valence-corrected chi connectivity index (χ1v) is 8.39. The third-order valence-corrected chi connectivity index (χ3v) is 4.71. The third kappa shape index (κ3) is 3.95. The Morgan fingerprint density at radius 1 is 1.24 bits per heavy atom. The molecule has 6 heteroatoms. The zero-order valence-electron chi connectivity index (χ0n) is 12.4. The molecule has 1 aromatic carbocycles. The number of halogens is 2. The summed E-state index contributed by atoms with van der Waals surface area (Å²) in [6.07, 6.45) is 0.771. The lowest BCUT2D eigenvalue weighted by molar-refractivity contribution is 0.726. The first kappa shape index (κ1) is 16.7. The molecule has 0 saturated heterocycles. The monoisotopic (exact) mass is 343 g/mol. The van der Waals surface area contributed by atoms with Crippen molar-refractivity contribution >= 4 is 35.0 Å². The summed E-state index contributed by atoms with van der Waals surface area (Å²) in [7, 11) is 2.03. The predicted molar refractivity (Wildman–Crippen MR) is 90.6 cm³/mol. The molecule has 0 aliphatic rings. The smallest absolute Gasteiger partial charge is 0.110 e. The SMILES string of the molecule is CC(C)c1nc(CCN)n(C)c1Sc1cc(Cl)cc(Cl)c1. The Bertz CT molecular complexity index is 618. The molecule has 0 spiro atoms. The van der Waals surface area contributed by atoms with Crippen molar-refractivity contribution in [3.8, 4) is 0 Å². The minimum absolute atomic E-state index is 0.347. The zero-order chi connectivity index (χ0) is 15.6. The van der Waals surface area contributed by atoms with E-state index in [-0.39, 0.29) is 0 Å². The quantitative estimate of drug-likeness (QED) is 0.868. The Morgan fingerprint density at radius 3 is 2.38 bits per heavy atom. The van der Waals surface area contributed by atoms with Crippen LogP contribution in [0.25, 0.3) is 0 Å². The van der Waals surface area contributed by atoms with Crippen LogP contribution < -0.4 is 5.73 Å². The molecule has 0 radical (unpaired) electrons. The van der Waals surface area contributed by atoms with E-state index in [0.717, 1.165) is 27.9 Å². The van der Waals surface area contributed by atoms with Gasteiger partial charge in [0.05, 0.1) is 5.69 Å². The highest BCUT2D eigenvalue weighted by atomic mass is 35.5. The van der Waals surface area contributed by atoms with E-state index in [2.05, 4.69) is 18.4 Å². The maximum atomic E-state index is 6.08. The molecule has 1 heterocycles. The Labute approximate surface area is 139 Å². The first-order valence-electron chi connectivity index (χ1n) is 6.82. The van der Waals surface area contributed by atoms with Gasteiger partial charge in [-0.25, -0.2) is 4.98 Å². The highest BCUT2D eigenvalue weighted by molar-refractivity contribution is 7.99. The van der Waals surface area contributed by atoms with Gasteiger partial charge in [0, 0.05) is 28.4 Å². The van der Waals surface area contributed by atoms with Crippen LogP contribution in [0, 0.1) is 0 Å².